The van der Waals surface area contributed by atoms with Gasteiger partial charge in [0.15, 0.2) is 5.58 Å². The van der Waals surface area contributed by atoms with Gasteiger partial charge in [0.2, 0.25) is 0 Å². The Morgan fingerprint density at radius 3 is 2.70 bits per heavy atom. The van der Waals surface area contributed by atoms with Crippen molar-refractivity contribution in [1.29, 1.82) is 0 Å². The molecule has 0 bridgehead atoms. The van der Waals surface area contributed by atoms with Crippen LogP contribution < -0.4 is 5.76 Å². The van der Waals surface area contributed by atoms with Crippen molar-refractivity contribution in [3.63, 3.8) is 0 Å². The Hall–Kier alpha value is -2.33. The molecular weight excluding hydrogens is 288 g/mol. The summed E-state index contributed by atoms with van der Waals surface area (Å²) in [6.45, 7) is 1.64. The van der Waals surface area contributed by atoms with E-state index in [1.54, 1.807) is 4.57 Å². The fraction of sp³-hybridized carbons (Fsp3) is 0.316. The number of hydrogen-bond donors (Lipinski definition) is 0. The molecule has 1 unspecified atom stereocenters. The van der Waals surface area contributed by atoms with Crippen molar-refractivity contribution in [3.8, 4) is 0 Å². The summed E-state index contributed by atoms with van der Waals surface area (Å²) >= 11 is 0. The maximum atomic E-state index is 12.2. The van der Waals surface area contributed by atoms with E-state index in [9.17, 15) is 4.79 Å². The molecule has 0 amide bonds. The van der Waals surface area contributed by atoms with E-state index < -0.39 is 0 Å². The van der Waals surface area contributed by atoms with Gasteiger partial charge in [-0.1, -0.05) is 42.5 Å². The summed E-state index contributed by atoms with van der Waals surface area (Å²) in [5.41, 5.74) is 2.90. The Kier molecular flexibility index (Phi) is 3.75. The van der Waals surface area contributed by atoms with Gasteiger partial charge < -0.3 is 4.42 Å². The lowest BCUT2D eigenvalue weighted by Gasteiger charge is -2.24. The maximum absolute atomic E-state index is 12.2. The minimum Gasteiger partial charge on any atom is -0.408 e. The summed E-state index contributed by atoms with van der Waals surface area (Å²) < 4.78 is 7.09. The van der Waals surface area contributed by atoms with Crippen molar-refractivity contribution in [1.82, 2.24) is 9.47 Å². The molecule has 2 heterocycles. The molecule has 23 heavy (non-hydrogen) atoms. The van der Waals surface area contributed by atoms with E-state index >= 15 is 0 Å². The first-order valence-corrected chi connectivity index (χ1v) is 8.17. The van der Waals surface area contributed by atoms with Gasteiger partial charge in [0.1, 0.15) is 0 Å². The number of aromatic nitrogens is 1. The molecule has 1 aliphatic rings. The average Bonchev–Trinajstić information content (AvgIpc) is 3.14. The number of benzene rings is 2. The van der Waals surface area contributed by atoms with E-state index in [0.717, 1.165) is 18.5 Å². The average molecular weight is 308 g/mol. The van der Waals surface area contributed by atoms with Gasteiger partial charge in [-0.05, 0) is 37.0 Å². The van der Waals surface area contributed by atoms with Crippen LogP contribution in [-0.2, 0) is 13.1 Å². The fourth-order valence-electron chi connectivity index (χ4n) is 3.53. The van der Waals surface area contributed by atoms with Gasteiger partial charge in [-0.25, -0.2) is 4.79 Å². The number of nitrogens with zero attached hydrogens (tertiary/aromatic N) is 2. The largest absolute Gasteiger partial charge is 0.421 e. The van der Waals surface area contributed by atoms with Crippen LogP contribution >= 0.6 is 0 Å². The summed E-state index contributed by atoms with van der Waals surface area (Å²) in [4.78, 5) is 14.6. The molecule has 1 saturated heterocycles. The lowest BCUT2D eigenvalue weighted by atomic mass is 10.0. The van der Waals surface area contributed by atoms with Crippen molar-refractivity contribution < 1.29 is 4.42 Å². The first-order chi connectivity index (χ1) is 11.3. The lowest BCUT2D eigenvalue weighted by Crippen LogP contribution is -2.35. The van der Waals surface area contributed by atoms with Crippen LogP contribution in [0.2, 0.25) is 0 Å². The van der Waals surface area contributed by atoms with Crippen LogP contribution in [0.25, 0.3) is 11.1 Å². The molecule has 1 atom stereocenters. The second kappa shape index (κ2) is 6.05. The van der Waals surface area contributed by atoms with E-state index in [1.165, 1.54) is 18.4 Å². The second-order valence-corrected chi connectivity index (χ2v) is 6.20. The molecule has 0 N–H and O–H groups in total. The molecule has 3 aromatic rings. The topological polar surface area (TPSA) is 38.4 Å². The fourth-order valence-corrected chi connectivity index (χ4v) is 3.53. The molecule has 4 rings (SSSR count). The molecule has 4 heteroatoms. The Balaban J connectivity index is 1.57. The number of hydrogen-bond acceptors (Lipinski definition) is 3. The van der Waals surface area contributed by atoms with Crippen molar-refractivity contribution in [2.75, 3.05) is 6.54 Å². The number of fused-ring (bicyclic) bond motifs is 1. The smallest absolute Gasteiger partial charge is 0.408 e. The number of oxazole rings is 1. The summed E-state index contributed by atoms with van der Waals surface area (Å²) in [5, 5.41) is 0. The van der Waals surface area contributed by atoms with Gasteiger partial charge in [-0.3, -0.25) is 9.47 Å². The standard InChI is InChI=1S/C19H20N2O2/c22-19-21(17-10-4-5-11-18(17)23-19)14-20-12-6-9-16(20)13-15-7-2-1-3-8-15/h1-5,7-8,10-11,16H,6,9,12-14H2. The van der Waals surface area contributed by atoms with Crippen LogP contribution in [0.5, 0.6) is 0 Å². The molecule has 0 radical (unpaired) electrons. The first kappa shape index (κ1) is 14.3. The van der Waals surface area contributed by atoms with Crippen LogP contribution in [0.4, 0.5) is 0 Å². The third kappa shape index (κ3) is 2.82. The predicted octanol–water partition coefficient (Wildman–Crippen LogP) is 3.26. The van der Waals surface area contributed by atoms with Crippen molar-refractivity contribution in [2.45, 2.75) is 32.0 Å². The minimum absolute atomic E-state index is 0.267. The summed E-state index contributed by atoms with van der Waals surface area (Å²) in [6.07, 6.45) is 3.40. The van der Waals surface area contributed by atoms with E-state index in [1.807, 2.05) is 30.3 Å². The lowest BCUT2D eigenvalue weighted by molar-refractivity contribution is 0.195. The first-order valence-electron chi connectivity index (χ1n) is 8.17. The zero-order valence-corrected chi connectivity index (χ0v) is 13.0. The van der Waals surface area contributed by atoms with E-state index in [2.05, 4.69) is 29.2 Å². The molecule has 2 aromatic carbocycles. The molecule has 1 aliphatic heterocycles. The number of rotatable bonds is 4. The van der Waals surface area contributed by atoms with Crippen LogP contribution in [0, 0.1) is 0 Å². The van der Waals surface area contributed by atoms with Gasteiger partial charge in [-0.15, -0.1) is 0 Å². The predicted molar refractivity (Wildman–Crippen MR) is 90.3 cm³/mol. The Labute approximate surface area is 134 Å². The Bertz CT molecular complexity index is 850. The SMILES string of the molecule is O=c1oc2ccccc2n1CN1CCCC1Cc1ccccc1. The Morgan fingerprint density at radius 2 is 1.83 bits per heavy atom. The molecule has 118 valence electrons. The van der Waals surface area contributed by atoms with Crippen LogP contribution in [-0.4, -0.2) is 22.1 Å². The van der Waals surface area contributed by atoms with Crippen molar-refractivity contribution in [2.24, 2.45) is 0 Å². The molecule has 1 aromatic heterocycles. The van der Waals surface area contributed by atoms with Crippen molar-refractivity contribution >= 4 is 11.1 Å². The highest BCUT2D eigenvalue weighted by Crippen LogP contribution is 2.23. The molecule has 0 aliphatic carbocycles. The molecule has 1 fully saturated rings. The zero-order valence-electron chi connectivity index (χ0n) is 13.0. The molecule has 0 spiro atoms. The number of para-hydroxylation sites is 2. The van der Waals surface area contributed by atoms with Crippen molar-refractivity contribution in [3.05, 3.63) is 70.7 Å². The maximum Gasteiger partial charge on any atom is 0.421 e. The third-order valence-corrected chi connectivity index (χ3v) is 4.71. The van der Waals surface area contributed by atoms with Gasteiger partial charge in [-0.2, -0.15) is 0 Å². The Morgan fingerprint density at radius 1 is 1.04 bits per heavy atom. The van der Waals surface area contributed by atoms with E-state index in [4.69, 9.17) is 4.42 Å². The highest BCUT2D eigenvalue weighted by atomic mass is 16.4. The normalized spacial score (nSPS) is 18.7. The van der Waals surface area contributed by atoms with Crippen LogP contribution in [0.3, 0.4) is 0 Å². The number of likely N-dealkylation sites (tertiary alicyclic amines) is 1. The zero-order chi connectivity index (χ0) is 15.6. The molecule has 0 saturated carbocycles. The van der Waals surface area contributed by atoms with E-state index in [0.29, 0.717) is 18.3 Å². The second-order valence-electron chi connectivity index (χ2n) is 6.20. The van der Waals surface area contributed by atoms with Gasteiger partial charge in [0.25, 0.3) is 0 Å². The highest BCUT2D eigenvalue weighted by molar-refractivity contribution is 5.72. The minimum atomic E-state index is -0.267. The molecular formula is C19H20N2O2. The van der Waals surface area contributed by atoms with Gasteiger partial charge in [0.05, 0.1) is 12.2 Å². The summed E-state index contributed by atoms with van der Waals surface area (Å²) in [6, 6.07) is 18.7. The monoisotopic (exact) mass is 308 g/mol. The summed E-state index contributed by atoms with van der Waals surface area (Å²) in [7, 11) is 0. The summed E-state index contributed by atoms with van der Waals surface area (Å²) in [5.74, 6) is -0.267. The quantitative estimate of drug-likeness (QED) is 0.742. The van der Waals surface area contributed by atoms with Crippen LogP contribution in [0.15, 0.2) is 63.8 Å². The highest BCUT2D eigenvalue weighted by Gasteiger charge is 2.26. The van der Waals surface area contributed by atoms with E-state index in [-0.39, 0.29) is 5.76 Å². The van der Waals surface area contributed by atoms with Crippen LogP contribution in [0.1, 0.15) is 18.4 Å². The van der Waals surface area contributed by atoms with Gasteiger partial charge >= 0.3 is 5.76 Å². The molecule has 4 nitrogen and oxygen atoms in total. The van der Waals surface area contributed by atoms with Gasteiger partial charge in [0, 0.05) is 12.6 Å². The third-order valence-electron chi connectivity index (χ3n) is 4.71.